The third kappa shape index (κ3) is 5.84. The van der Waals surface area contributed by atoms with Gasteiger partial charge in [-0.1, -0.05) is 43.7 Å². The molecule has 0 bridgehead atoms. The van der Waals surface area contributed by atoms with Crippen molar-refractivity contribution in [3.05, 3.63) is 35.9 Å². The molecule has 0 fully saturated rings. The van der Waals surface area contributed by atoms with Gasteiger partial charge in [0.25, 0.3) is 0 Å². The molecule has 0 aliphatic heterocycles. The van der Waals surface area contributed by atoms with E-state index in [9.17, 15) is 9.59 Å². The number of carbonyl (C=O) groups excluding carboxylic acids is 1. The number of hydrogen-bond donors (Lipinski definition) is 3. The van der Waals surface area contributed by atoms with Crippen LogP contribution in [0.3, 0.4) is 0 Å². The molecule has 4 N–H and O–H groups in total. The van der Waals surface area contributed by atoms with Crippen molar-refractivity contribution >= 4 is 11.9 Å². The summed E-state index contributed by atoms with van der Waals surface area (Å²) in [5.74, 6) is -1.15. The van der Waals surface area contributed by atoms with Crippen LogP contribution in [0.2, 0.25) is 0 Å². The van der Waals surface area contributed by atoms with Gasteiger partial charge in [0, 0.05) is 12.5 Å². The van der Waals surface area contributed by atoms with Gasteiger partial charge in [0.05, 0.1) is 12.5 Å². The Kier molecular flexibility index (Phi) is 6.73. The molecule has 1 aromatic carbocycles. The summed E-state index contributed by atoms with van der Waals surface area (Å²) in [6, 6.07) is 8.40. The SMILES string of the molecule is CCCC(N)CC(=O)NC(CC(=O)O)c1ccccc1. The van der Waals surface area contributed by atoms with Gasteiger partial charge in [-0.05, 0) is 12.0 Å². The van der Waals surface area contributed by atoms with Crippen molar-refractivity contribution in [2.45, 2.75) is 44.7 Å². The van der Waals surface area contributed by atoms with Crippen LogP contribution in [0.1, 0.15) is 44.2 Å². The fourth-order valence-corrected chi connectivity index (χ4v) is 2.08. The Morgan fingerprint density at radius 2 is 1.90 bits per heavy atom. The van der Waals surface area contributed by atoms with Crippen LogP contribution in [0, 0.1) is 0 Å². The second-order valence-electron chi connectivity index (χ2n) is 4.88. The van der Waals surface area contributed by atoms with E-state index >= 15 is 0 Å². The molecule has 1 rings (SSSR count). The maximum absolute atomic E-state index is 11.9. The minimum absolute atomic E-state index is 0.140. The van der Waals surface area contributed by atoms with Crippen molar-refractivity contribution in [1.29, 1.82) is 0 Å². The van der Waals surface area contributed by atoms with E-state index in [0.29, 0.717) is 0 Å². The Hall–Kier alpha value is -1.88. The van der Waals surface area contributed by atoms with Gasteiger partial charge in [0.15, 0.2) is 0 Å². The molecule has 2 unspecified atom stereocenters. The van der Waals surface area contributed by atoms with Crippen molar-refractivity contribution in [2.24, 2.45) is 5.73 Å². The summed E-state index contributed by atoms with van der Waals surface area (Å²) in [6.07, 6.45) is 1.78. The third-order valence-corrected chi connectivity index (χ3v) is 3.02. The molecule has 0 aliphatic rings. The summed E-state index contributed by atoms with van der Waals surface area (Å²) in [6.45, 7) is 2.01. The van der Waals surface area contributed by atoms with Crippen molar-refractivity contribution in [3.63, 3.8) is 0 Å². The average Bonchev–Trinajstić information content (AvgIpc) is 2.38. The van der Waals surface area contributed by atoms with Crippen LogP contribution in [0.4, 0.5) is 0 Å². The molecule has 0 saturated carbocycles. The fourth-order valence-electron chi connectivity index (χ4n) is 2.08. The number of carboxylic acids is 1. The van der Waals surface area contributed by atoms with Crippen LogP contribution in [0.15, 0.2) is 30.3 Å². The van der Waals surface area contributed by atoms with Crippen molar-refractivity contribution in [2.75, 3.05) is 0 Å². The van der Waals surface area contributed by atoms with Crippen LogP contribution < -0.4 is 11.1 Å². The normalized spacial score (nSPS) is 13.5. The maximum atomic E-state index is 11.9. The van der Waals surface area contributed by atoms with Gasteiger partial charge in [-0.25, -0.2) is 0 Å². The fraction of sp³-hybridized carbons (Fsp3) is 0.467. The molecular formula is C15H22N2O3. The first kappa shape index (κ1) is 16.2. The lowest BCUT2D eigenvalue weighted by atomic mass is 10.0. The van der Waals surface area contributed by atoms with Crippen LogP contribution in [-0.4, -0.2) is 23.0 Å². The van der Waals surface area contributed by atoms with Crippen molar-refractivity contribution < 1.29 is 14.7 Å². The molecule has 0 saturated heterocycles. The summed E-state index contributed by atoms with van der Waals surface area (Å²) in [7, 11) is 0. The molecule has 1 amide bonds. The number of carbonyl (C=O) groups is 2. The van der Waals surface area contributed by atoms with Gasteiger partial charge in [-0.2, -0.15) is 0 Å². The molecule has 110 valence electrons. The summed E-state index contributed by atoms with van der Waals surface area (Å²) in [5, 5.41) is 11.7. The number of benzene rings is 1. The van der Waals surface area contributed by atoms with E-state index in [4.69, 9.17) is 10.8 Å². The lowest BCUT2D eigenvalue weighted by Gasteiger charge is -2.19. The molecule has 5 nitrogen and oxygen atoms in total. The van der Waals surface area contributed by atoms with Crippen molar-refractivity contribution in [1.82, 2.24) is 5.32 Å². The average molecular weight is 278 g/mol. The summed E-state index contributed by atoms with van der Waals surface area (Å²) in [4.78, 5) is 22.8. The zero-order valence-corrected chi connectivity index (χ0v) is 11.7. The number of aliphatic carboxylic acids is 1. The van der Waals surface area contributed by atoms with Gasteiger partial charge in [0.1, 0.15) is 0 Å². The molecule has 1 aromatic rings. The highest BCUT2D eigenvalue weighted by atomic mass is 16.4. The molecule has 5 heteroatoms. The summed E-state index contributed by atoms with van der Waals surface area (Å²) >= 11 is 0. The topological polar surface area (TPSA) is 92.4 Å². The lowest BCUT2D eigenvalue weighted by Crippen LogP contribution is -2.35. The highest BCUT2D eigenvalue weighted by molar-refractivity contribution is 5.78. The van der Waals surface area contributed by atoms with Gasteiger partial charge in [-0.3, -0.25) is 9.59 Å². The largest absolute Gasteiger partial charge is 0.481 e. The van der Waals surface area contributed by atoms with E-state index in [1.807, 2.05) is 25.1 Å². The predicted octanol–water partition coefficient (Wildman–Crippen LogP) is 1.84. The first-order valence-electron chi connectivity index (χ1n) is 6.84. The molecule has 20 heavy (non-hydrogen) atoms. The Labute approximate surface area is 119 Å². The van der Waals surface area contributed by atoms with Crippen LogP contribution in [0.5, 0.6) is 0 Å². The zero-order chi connectivity index (χ0) is 15.0. The Morgan fingerprint density at radius 1 is 1.25 bits per heavy atom. The number of nitrogens with two attached hydrogens (primary N) is 1. The summed E-state index contributed by atoms with van der Waals surface area (Å²) < 4.78 is 0. The van der Waals surface area contributed by atoms with E-state index in [2.05, 4.69) is 5.32 Å². The summed E-state index contributed by atoms with van der Waals surface area (Å²) in [5.41, 5.74) is 6.61. The Bertz CT molecular complexity index is 434. The van der Waals surface area contributed by atoms with E-state index in [1.54, 1.807) is 12.1 Å². The Balaban J connectivity index is 2.66. The lowest BCUT2D eigenvalue weighted by molar-refractivity contribution is -0.137. The van der Waals surface area contributed by atoms with Crippen LogP contribution >= 0.6 is 0 Å². The van der Waals surface area contributed by atoms with E-state index in [-0.39, 0.29) is 24.8 Å². The number of hydrogen-bond acceptors (Lipinski definition) is 3. The van der Waals surface area contributed by atoms with E-state index in [1.165, 1.54) is 0 Å². The third-order valence-electron chi connectivity index (χ3n) is 3.02. The minimum Gasteiger partial charge on any atom is -0.481 e. The maximum Gasteiger partial charge on any atom is 0.305 e. The highest BCUT2D eigenvalue weighted by Gasteiger charge is 2.18. The number of rotatable bonds is 8. The van der Waals surface area contributed by atoms with Gasteiger partial charge >= 0.3 is 5.97 Å². The number of amides is 1. The number of nitrogens with one attached hydrogen (secondary N) is 1. The molecule has 0 aliphatic carbocycles. The zero-order valence-electron chi connectivity index (χ0n) is 11.7. The first-order valence-corrected chi connectivity index (χ1v) is 6.84. The quantitative estimate of drug-likeness (QED) is 0.676. The standard InChI is InChI=1S/C15H22N2O3/c1-2-6-12(16)9-14(18)17-13(10-15(19)20)11-7-4-3-5-8-11/h3-5,7-8,12-13H,2,6,9-10,16H2,1H3,(H,17,18)(H,19,20). The Morgan fingerprint density at radius 3 is 2.45 bits per heavy atom. The highest BCUT2D eigenvalue weighted by Crippen LogP contribution is 2.16. The second kappa shape index (κ2) is 8.32. The van der Waals surface area contributed by atoms with Crippen molar-refractivity contribution in [3.8, 4) is 0 Å². The molecule has 0 spiro atoms. The van der Waals surface area contributed by atoms with Gasteiger partial charge in [-0.15, -0.1) is 0 Å². The van der Waals surface area contributed by atoms with Gasteiger partial charge in [0.2, 0.25) is 5.91 Å². The van der Waals surface area contributed by atoms with Gasteiger partial charge < -0.3 is 16.2 Å². The molecule has 0 aromatic heterocycles. The minimum atomic E-state index is -0.947. The van der Waals surface area contributed by atoms with Crippen LogP contribution in [0.25, 0.3) is 0 Å². The first-order chi connectivity index (χ1) is 9.52. The number of carboxylic acid groups (broad SMARTS) is 1. The smallest absolute Gasteiger partial charge is 0.305 e. The van der Waals surface area contributed by atoms with E-state index in [0.717, 1.165) is 18.4 Å². The van der Waals surface area contributed by atoms with Crippen LogP contribution in [-0.2, 0) is 9.59 Å². The molecule has 2 atom stereocenters. The monoisotopic (exact) mass is 278 g/mol. The molecular weight excluding hydrogens is 256 g/mol. The van der Waals surface area contributed by atoms with E-state index < -0.39 is 12.0 Å². The second-order valence-corrected chi connectivity index (χ2v) is 4.88. The molecule has 0 radical (unpaired) electrons. The molecule has 0 heterocycles. The predicted molar refractivity (Wildman–Crippen MR) is 77.1 cm³/mol.